The van der Waals surface area contributed by atoms with Crippen molar-refractivity contribution in [2.75, 3.05) is 59.6 Å². The molecular weight excluding hydrogens is 447 g/mol. The quantitative estimate of drug-likeness (QED) is 0.247. The monoisotopic (exact) mass is 482 g/mol. The fourth-order valence-electron chi connectivity index (χ4n) is 3.26. The molecule has 152 valence electrons. The number of hydrogen-bond donors (Lipinski definition) is 1. The molecule has 0 bridgehead atoms. The number of hydrogen-bond acceptors (Lipinski definition) is 4. The van der Waals surface area contributed by atoms with E-state index in [4.69, 9.17) is 14.5 Å². The van der Waals surface area contributed by atoms with Gasteiger partial charge in [0.2, 0.25) is 0 Å². The highest BCUT2D eigenvalue weighted by Gasteiger charge is 2.30. The smallest absolute Gasteiger partial charge is 0.251 e. The van der Waals surface area contributed by atoms with Crippen LogP contribution in [0.25, 0.3) is 0 Å². The molecule has 0 saturated carbocycles. The zero-order valence-corrected chi connectivity index (χ0v) is 18.6. The Morgan fingerprint density at radius 3 is 2.54 bits per heavy atom. The van der Waals surface area contributed by atoms with Crippen LogP contribution in [0.4, 0.5) is 0 Å². The number of carbonyl (C=O) groups excluding carboxylic acids is 1. The van der Waals surface area contributed by atoms with E-state index in [1.54, 1.807) is 7.11 Å². The molecule has 0 aliphatic carbocycles. The first-order valence-electron chi connectivity index (χ1n) is 9.68. The Morgan fingerprint density at radius 2 is 1.92 bits per heavy atom. The summed E-state index contributed by atoms with van der Waals surface area (Å²) in [5.41, 5.74) is 0. The third-order valence-electron chi connectivity index (χ3n) is 4.70. The van der Waals surface area contributed by atoms with Gasteiger partial charge in [0.05, 0.1) is 0 Å². The molecule has 1 unspecified atom stereocenters. The lowest BCUT2D eigenvalue weighted by Crippen LogP contribution is -2.55. The van der Waals surface area contributed by atoms with Gasteiger partial charge in [-0.1, -0.05) is 0 Å². The van der Waals surface area contributed by atoms with Crippen molar-refractivity contribution in [1.82, 2.24) is 15.1 Å². The van der Waals surface area contributed by atoms with E-state index in [9.17, 15) is 4.79 Å². The second kappa shape index (κ2) is 13.5. The van der Waals surface area contributed by atoms with E-state index < -0.39 is 0 Å². The maximum absolute atomic E-state index is 12.4. The Hall–Kier alpha value is -0.610. The molecule has 0 aromatic rings. The summed E-state index contributed by atoms with van der Waals surface area (Å²) in [6.45, 7) is 8.47. The van der Waals surface area contributed by atoms with Crippen LogP contribution < -0.4 is 5.32 Å². The highest BCUT2D eigenvalue weighted by molar-refractivity contribution is 14.0. The molecule has 2 heterocycles. The van der Waals surface area contributed by atoms with Crippen molar-refractivity contribution in [1.29, 1.82) is 0 Å². The Morgan fingerprint density at radius 1 is 1.19 bits per heavy atom. The van der Waals surface area contributed by atoms with Crippen LogP contribution in [0.1, 0.15) is 39.0 Å². The number of ether oxygens (including phenoxy) is 2. The summed E-state index contributed by atoms with van der Waals surface area (Å²) >= 11 is 0. The molecule has 2 fully saturated rings. The largest absolute Gasteiger partial charge is 0.385 e. The molecule has 1 amide bonds. The fourth-order valence-corrected chi connectivity index (χ4v) is 3.26. The second-order valence-corrected chi connectivity index (χ2v) is 6.60. The van der Waals surface area contributed by atoms with Gasteiger partial charge in [0.1, 0.15) is 6.10 Å². The van der Waals surface area contributed by atoms with Crippen LogP contribution >= 0.6 is 24.0 Å². The van der Waals surface area contributed by atoms with Crippen LogP contribution in [0, 0.1) is 0 Å². The molecule has 0 aromatic carbocycles. The summed E-state index contributed by atoms with van der Waals surface area (Å²) in [5, 5.41) is 3.38. The molecule has 2 rings (SSSR count). The lowest BCUT2D eigenvalue weighted by Gasteiger charge is -2.37. The number of nitrogens with zero attached hydrogens (tertiary/aromatic N) is 3. The fraction of sp³-hybridized carbons (Fsp3) is 0.889. The minimum atomic E-state index is -0.208. The van der Waals surface area contributed by atoms with Crippen molar-refractivity contribution < 1.29 is 14.3 Å². The normalized spacial score (nSPS) is 20.8. The van der Waals surface area contributed by atoms with Gasteiger partial charge >= 0.3 is 0 Å². The van der Waals surface area contributed by atoms with Crippen LogP contribution in [-0.4, -0.2) is 87.4 Å². The molecule has 0 radical (unpaired) electrons. The predicted octanol–water partition coefficient (Wildman–Crippen LogP) is 1.71. The highest BCUT2D eigenvalue weighted by atomic mass is 127. The van der Waals surface area contributed by atoms with E-state index in [0.29, 0.717) is 0 Å². The van der Waals surface area contributed by atoms with Crippen molar-refractivity contribution in [3.63, 3.8) is 0 Å². The molecule has 26 heavy (non-hydrogen) atoms. The Labute approximate surface area is 174 Å². The van der Waals surface area contributed by atoms with Gasteiger partial charge < -0.3 is 24.6 Å². The predicted molar refractivity (Wildman–Crippen MR) is 114 cm³/mol. The zero-order chi connectivity index (χ0) is 17.9. The number of nitrogens with one attached hydrogen (secondary N) is 1. The van der Waals surface area contributed by atoms with Gasteiger partial charge in [0, 0.05) is 59.6 Å². The van der Waals surface area contributed by atoms with E-state index in [1.165, 1.54) is 0 Å². The van der Waals surface area contributed by atoms with E-state index in [-0.39, 0.29) is 36.0 Å². The van der Waals surface area contributed by atoms with E-state index in [2.05, 4.69) is 17.1 Å². The van der Waals surface area contributed by atoms with Gasteiger partial charge in [-0.15, -0.1) is 24.0 Å². The second-order valence-electron chi connectivity index (χ2n) is 6.60. The number of unbranched alkanes of at least 4 members (excludes halogenated alkanes) is 2. The molecule has 2 aliphatic heterocycles. The van der Waals surface area contributed by atoms with Crippen LogP contribution in [0.2, 0.25) is 0 Å². The summed E-state index contributed by atoms with van der Waals surface area (Å²) in [4.78, 5) is 21.4. The van der Waals surface area contributed by atoms with Gasteiger partial charge in [0.15, 0.2) is 5.96 Å². The van der Waals surface area contributed by atoms with Gasteiger partial charge in [-0.3, -0.25) is 9.79 Å². The summed E-state index contributed by atoms with van der Waals surface area (Å²) in [7, 11) is 1.74. The maximum atomic E-state index is 12.4. The Balaban J connectivity index is 0.00000338. The molecule has 0 spiro atoms. The third kappa shape index (κ3) is 7.56. The zero-order valence-electron chi connectivity index (χ0n) is 16.2. The molecule has 1 atom stereocenters. The number of piperazine rings is 1. The van der Waals surface area contributed by atoms with Gasteiger partial charge in [0.25, 0.3) is 5.91 Å². The summed E-state index contributed by atoms with van der Waals surface area (Å²) < 4.78 is 10.6. The number of rotatable bonds is 8. The van der Waals surface area contributed by atoms with E-state index in [0.717, 1.165) is 90.5 Å². The Bertz CT molecular complexity index is 423. The summed E-state index contributed by atoms with van der Waals surface area (Å²) in [5.74, 6) is 1.13. The van der Waals surface area contributed by atoms with Gasteiger partial charge in [-0.05, 0) is 39.0 Å². The molecule has 7 nitrogen and oxygen atoms in total. The van der Waals surface area contributed by atoms with Crippen LogP contribution in [0.15, 0.2) is 4.99 Å². The SMILES string of the molecule is CCNC(=NCCCCCOC)N1CCN(C(=O)C2CCCO2)CC1.I. The lowest BCUT2D eigenvalue weighted by atomic mass is 10.2. The topological polar surface area (TPSA) is 66.4 Å². The number of guanidine groups is 1. The first-order valence-corrected chi connectivity index (χ1v) is 9.68. The van der Waals surface area contributed by atoms with Gasteiger partial charge in [-0.25, -0.2) is 0 Å². The lowest BCUT2D eigenvalue weighted by molar-refractivity contribution is -0.142. The third-order valence-corrected chi connectivity index (χ3v) is 4.70. The number of amides is 1. The minimum Gasteiger partial charge on any atom is -0.385 e. The van der Waals surface area contributed by atoms with Crippen molar-refractivity contribution >= 4 is 35.8 Å². The molecular formula is C18H35IN4O3. The van der Waals surface area contributed by atoms with Crippen LogP contribution in [0.5, 0.6) is 0 Å². The average molecular weight is 482 g/mol. The first kappa shape index (κ1) is 23.4. The first-order chi connectivity index (χ1) is 12.3. The van der Waals surface area contributed by atoms with Crippen LogP contribution in [-0.2, 0) is 14.3 Å². The summed E-state index contributed by atoms with van der Waals surface area (Å²) in [6.07, 6.45) is 4.97. The standard InChI is InChI=1S/C18H34N4O3.HI/c1-3-19-18(20-9-5-4-6-14-24-2)22-12-10-21(11-13-22)17(23)16-8-7-15-25-16;/h16H,3-15H2,1-2H3,(H,19,20);1H. The van der Waals surface area contributed by atoms with Gasteiger partial charge in [-0.2, -0.15) is 0 Å². The number of halogens is 1. The number of methoxy groups -OCH3 is 1. The van der Waals surface area contributed by atoms with E-state index in [1.807, 2.05) is 4.90 Å². The van der Waals surface area contributed by atoms with Crippen molar-refractivity contribution in [3.05, 3.63) is 0 Å². The molecule has 1 N–H and O–H groups in total. The van der Waals surface area contributed by atoms with Crippen molar-refractivity contribution in [3.8, 4) is 0 Å². The van der Waals surface area contributed by atoms with Crippen molar-refractivity contribution in [2.45, 2.75) is 45.1 Å². The van der Waals surface area contributed by atoms with Crippen molar-refractivity contribution in [2.24, 2.45) is 4.99 Å². The maximum Gasteiger partial charge on any atom is 0.251 e. The number of aliphatic imine (C=N–C) groups is 1. The van der Waals surface area contributed by atoms with Crippen LogP contribution in [0.3, 0.4) is 0 Å². The highest BCUT2D eigenvalue weighted by Crippen LogP contribution is 2.16. The van der Waals surface area contributed by atoms with E-state index >= 15 is 0 Å². The number of carbonyl (C=O) groups is 1. The summed E-state index contributed by atoms with van der Waals surface area (Å²) in [6, 6.07) is 0. The molecule has 8 heteroatoms. The molecule has 2 saturated heterocycles. The Kier molecular flexibility index (Phi) is 12.2. The minimum absolute atomic E-state index is 0. The average Bonchev–Trinajstić information content (AvgIpc) is 3.18. The molecule has 2 aliphatic rings. The molecule has 0 aromatic heterocycles.